The number of carbonyl (C=O) groups excluding carboxylic acids is 1. The van der Waals surface area contributed by atoms with Gasteiger partial charge in [-0.2, -0.15) is 0 Å². The molecule has 0 unspecified atom stereocenters. The van der Waals surface area contributed by atoms with Crippen LogP contribution in [0.5, 0.6) is 0 Å². The van der Waals surface area contributed by atoms with E-state index >= 15 is 0 Å². The number of hydrogen-bond donors (Lipinski definition) is 2. The van der Waals surface area contributed by atoms with Gasteiger partial charge in [0, 0.05) is 17.4 Å². The van der Waals surface area contributed by atoms with Crippen LogP contribution >= 0.6 is 15.9 Å². The highest BCUT2D eigenvalue weighted by atomic mass is 79.9. The normalized spacial score (nSPS) is 10.3. The lowest BCUT2D eigenvalue weighted by Gasteiger charge is -2.07. The molecule has 0 aliphatic rings. The minimum Gasteiger partial charge on any atom is -0.481 e. The van der Waals surface area contributed by atoms with E-state index in [4.69, 9.17) is 5.11 Å². The molecule has 0 radical (unpaired) electrons. The summed E-state index contributed by atoms with van der Waals surface area (Å²) in [6, 6.07) is 5.67. The maximum absolute atomic E-state index is 12.0. The molecular weight excluding hydrogens is 322 g/mol. The summed E-state index contributed by atoms with van der Waals surface area (Å²) >= 11 is 3.37. The van der Waals surface area contributed by atoms with Crippen LogP contribution in [0.25, 0.3) is 0 Å². The van der Waals surface area contributed by atoms with E-state index in [0.29, 0.717) is 18.5 Å². The summed E-state index contributed by atoms with van der Waals surface area (Å²) in [5, 5.41) is 11.4. The Morgan fingerprint density at radius 1 is 1.20 bits per heavy atom. The third-order valence-corrected chi connectivity index (χ3v) is 3.66. The molecular formula is C15H20BrNO3. The zero-order valence-corrected chi connectivity index (χ0v) is 13.2. The molecule has 0 saturated heterocycles. The Morgan fingerprint density at radius 3 is 2.60 bits per heavy atom. The van der Waals surface area contributed by atoms with Gasteiger partial charge >= 0.3 is 5.97 Å². The Bertz CT molecular complexity index is 474. The number of benzene rings is 1. The van der Waals surface area contributed by atoms with Crippen molar-refractivity contribution in [1.82, 2.24) is 5.32 Å². The van der Waals surface area contributed by atoms with Gasteiger partial charge < -0.3 is 10.4 Å². The van der Waals surface area contributed by atoms with Crippen LogP contribution in [0.4, 0.5) is 0 Å². The van der Waals surface area contributed by atoms with Crippen molar-refractivity contribution in [1.29, 1.82) is 0 Å². The van der Waals surface area contributed by atoms with E-state index in [9.17, 15) is 9.59 Å². The molecule has 5 heteroatoms. The van der Waals surface area contributed by atoms with Crippen LogP contribution in [0.2, 0.25) is 0 Å². The largest absolute Gasteiger partial charge is 0.481 e. The zero-order chi connectivity index (χ0) is 15.0. The van der Waals surface area contributed by atoms with E-state index in [2.05, 4.69) is 21.2 Å². The minimum absolute atomic E-state index is 0.0777. The molecule has 0 aromatic heterocycles. The van der Waals surface area contributed by atoms with Crippen LogP contribution in [-0.2, 0) is 4.79 Å². The summed E-state index contributed by atoms with van der Waals surface area (Å²) in [6.07, 6.45) is 3.61. The van der Waals surface area contributed by atoms with Gasteiger partial charge in [0.1, 0.15) is 0 Å². The van der Waals surface area contributed by atoms with Gasteiger partial charge in [0.05, 0.1) is 5.56 Å². The number of aryl methyl sites for hydroxylation is 1. The predicted molar refractivity (Wildman–Crippen MR) is 81.9 cm³/mol. The number of carboxylic acid groups (broad SMARTS) is 1. The summed E-state index contributed by atoms with van der Waals surface area (Å²) in [6.45, 7) is 2.57. The molecule has 110 valence electrons. The van der Waals surface area contributed by atoms with Gasteiger partial charge in [-0.15, -0.1) is 0 Å². The van der Waals surface area contributed by atoms with Crippen LogP contribution in [0, 0.1) is 6.92 Å². The zero-order valence-electron chi connectivity index (χ0n) is 11.6. The quantitative estimate of drug-likeness (QED) is 0.711. The van der Waals surface area contributed by atoms with Crippen molar-refractivity contribution in [2.45, 2.75) is 39.0 Å². The van der Waals surface area contributed by atoms with Crippen molar-refractivity contribution < 1.29 is 14.7 Å². The van der Waals surface area contributed by atoms with Crippen LogP contribution < -0.4 is 5.32 Å². The molecule has 1 aromatic carbocycles. The highest BCUT2D eigenvalue weighted by Crippen LogP contribution is 2.17. The Labute approximate surface area is 127 Å². The maximum atomic E-state index is 12.0. The number of nitrogens with one attached hydrogen (secondary N) is 1. The number of aliphatic carboxylic acids is 1. The first-order valence-corrected chi connectivity index (χ1v) is 7.56. The van der Waals surface area contributed by atoms with Crippen molar-refractivity contribution in [3.63, 3.8) is 0 Å². The standard InChI is InChI=1S/C15H20BrNO3/c1-11-7-8-13(16)12(10-11)15(20)17-9-5-3-2-4-6-14(18)19/h7-8,10H,2-6,9H2,1H3,(H,17,20)(H,18,19). The second kappa shape index (κ2) is 8.74. The summed E-state index contributed by atoms with van der Waals surface area (Å²) < 4.78 is 0.794. The topological polar surface area (TPSA) is 66.4 Å². The van der Waals surface area contributed by atoms with Gasteiger partial charge in [-0.05, 0) is 47.8 Å². The van der Waals surface area contributed by atoms with E-state index in [0.717, 1.165) is 29.3 Å². The smallest absolute Gasteiger partial charge is 0.303 e. The van der Waals surface area contributed by atoms with Crippen molar-refractivity contribution in [2.75, 3.05) is 6.54 Å². The van der Waals surface area contributed by atoms with Gasteiger partial charge in [0.2, 0.25) is 0 Å². The fourth-order valence-electron chi connectivity index (χ4n) is 1.87. The van der Waals surface area contributed by atoms with Crippen molar-refractivity contribution in [3.05, 3.63) is 33.8 Å². The number of hydrogen-bond acceptors (Lipinski definition) is 2. The number of carboxylic acids is 1. The van der Waals surface area contributed by atoms with E-state index in [1.165, 1.54) is 0 Å². The van der Waals surface area contributed by atoms with Gasteiger partial charge in [-0.1, -0.05) is 24.5 Å². The first-order chi connectivity index (χ1) is 9.50. The second-order valence-electron chi connectivity index (χ2n) is 4.80. The third kappa shape index (κ3) is 6.19. The van der Waals surface area contributed by atoms with Crippen LogP contribution in [0.15, 0.2) is 22.7 Å². The molecule has 0 spiro atoms. The Hall–Kier alpha value is -1.36. The number of unbranched alkanes of at least 4 members (excludes halogenated alkanes) is 3. The van der Waals surface area contributed by atoms with E-state index in [-0.39, 0.29) is 12.3 Å². The molecule has 20 heavy (non-hydrogen) atoms. The monoisotopic (exact) mass is 341 g/mol. The van der Waals surface area contributed by atoms with Crippen molar-refractivity contribution >= 4 is 27.8 Å². The number of halogens is 1. The molecule has 2 N–H and O–H groups in total. The third-order valence-electron chi connectivity index (χ3n) is 2.97. The van der Waals surface area contributed by atoms with Gasteiger partial charge in [-0.3, -0.25) is 9.59 Å². The molecule has 0 aliphatic heterocycles. The first-order valence-electron chi connectivity index (χ1n) is 6.77. The summed E-state index contributed by atoms with van der Waals surface area (Å²) in [7, 11) is 0. The Balaban J connectivity index is 2.23. The number of rotatable bonds is 8. The average molecular weight is 342 g/mol. The molecule has 0 aliphatic carbocycles. The molecule has 4 nitrogen and oxygen atoms in total. The maximum Gasteiger partial charge on any atom is 0.303 e. The predicted octanol–water partition coefficient (Wildman–Crippen LogP) is 3.52. The highest BCUT2D eigenvalue weighted by Gasteiger charge is 2.09. The number of carbonyl (C=O) groups is 2. The Kier molecular flexibility index (Phi) is 7.30. The molecule has 0 saturated carbocycles. The summed E-state index contributed by atoms with van der Waals surface area (Å²) in [5.41, 5.74) is 1.70. The highest BCUT2D eigenvalue weighted by molar-refractivity contribution is 9.10. The lowest BCUT2D eigenvalue weighted by Crippen LogP contribution is -2.24. The van der Waals surface area contributed by atoms with Gasteiger partial charge in [0.15, 0.2) is 0 Å². The van der Waals surface area contributed by atoms with Crippen LogP contribution in [-0.4, -0.2) is 23.5 Å². The van der Waals surface area contributed by atoms with Gasteiger partial charge in [0.25, 0.3) is 5.91 Å². The molecule has 1 aromatic rings. The molecule has 0 atom stereocenters. The van der Waals surface area contributed by atoms with E-state index in [1.54, 1.807) is 0 Å². The molecule has 0 bridgehead atoms. The lowest BCUT2D eigenvalue weighted by atomic mass is 10.1. The molecule has 1 rings (SSSR count). The fourth-order valence-corrected chi connectivity index (χ4v) is 2.29. The van der Waals surface area contributed by atoms with E-state index < -0.39 is 5.97 Å². The molecule has 0 heterocycles. The molecule has 0 fully saturated rings. The van der Waals surface area contributed by atoms with E-state index in [1.807, 2.05) is 25.1 Å². The Morgan fingerprint density at radius 2 is 1.90 bits per heavy atom. The first kappa shape index (κ1) is 16.7. The van der Waals surface area contributed by atoms with Crippen molar-refractivity contribution in [2.24, 2.45) is 0 Å². The lowest BCUT2D eigenvalue weighted by molar-refractivity contribution is -0.137. The SMILES string of the molecule is Cc1ccc(Br)c(C(=O)NCCCCCCC(=O)O)c1. The number of amides is 1. The second-order valence-corrected chi connectivity index (χ2v) is 5.65. The summed E-state index contributed by atoms with van der Waals surface area (Å²) in [5.74, 6) is -0.825. The fraction of sp³-hybridized carbons (Fsp3) is 0.467. The summed E-state index contributed by atoms with van der Waals surface area (Å²) in [4.78, 5) is 22.3. The van der Waals surface area contributed by atoms with Crippen LogP contribution in [0.3, 0.4) is 0 Å². The van der Waals surface area contributed by atoms with Crippen LogP contribution in [0.1, 0.15) is 48.0 Å². The molecule has 1 amide bonds. The van der Waals surface area contributed by atoms with Crippen molar-refractivity contribution in [3.8, 4) is 0 Å². The van der Waals surface area contributed by atoms with Gasteiger partial charge in [-0.25, -0.2) is 0 Å². The average Bonchev–Trinajstić information content (AvgIpc) is 2.39. The minimum atomic E-state index is -0.748.